The van der Waals surface area contributed by atoms with Crippen LogP contribution in [-0.2, 0) is 6.42 Å². The van der Waals surface area contributed by atoms with Gasteiger partial charge in [0.1, 0.15) is 46.7 Å². The van der Waals surface area contributed by atoms with E-state index in [1.54, 1.807) is 30.3 Å². The lowest BCUT2D eigenvalue weighted by Gasteiger charge is -2.36. The highest BCUT2D eigenvalue weighted by Crippen LogP contribution is 2.55. The molecular formula is C30H26O9. The van der Waals surface area contributed by atoms with Crippen LogP contribution in [0.25, 0.3) is 0 Å². The highest BCUT2D eigenvalue weighted by Gasteiger charge is 2.38. The van der Waals surface area contributed by atoms with Crippen LogP contribution in [-0.4, -0.2) is 35.7 Å². The van der Waals surface area contributed by atoms with Crippen LogP contribution in [0.3, 0.4) is 0 Å². The largest absolute Gasteiger partial charge is 0.508 e. The van der Waals surface area contributed by atoms with Crippen LogP contribution in [0, 0.1) is 0 Å². The maximum absolute atomic E-state index is 11.2. The highest BCUT2D eigenvalue weighted by molar-refractivity contribution is 5.63. The molecule has 7 N–H and O–H groups in total. The third-order valence-corrected chi connectivity index (χ3v) is 7.46. The van der Waals surface area contributed by atoms with Gasteiger partial charge in [-0.2, -0.15) is 0 Å². The number of ether oxygens (including phenoxy) is 2. The summed E-state index contributed by atoms with van der Waals surface area (Å²) in [6.45, 7) is 0. The predicted molar refractivity (Wildman–Crippen MR) is 139 cm³/mol. The standard InChI is InChI=1S/C30H26O9/c31-16-3-1-14(2-4-16)26-12-20(18-6-5-17(32)11-27(18)38-26)28-22(34)13-21(33)19-7-8-25(39-30(19)28)15-9-23(35)29(37)24(36)10-15/h1-6,9-11,13,20,25-26,31-37H,7-8,12H2/t20-,25?,26+/m1/s1. The minimum Gasteiger partial charge on any atom is -0.508 e. The molecule has 4 aromatic carbocycles. The Hall–Kier alpha value is -4.92. The summed E-state index contributed by atoms with van der Waals surface area (Å²) in [6.07, 6.45) is 0.0282. The Bertz CT molecular complexity index is 1560. The number of benzene rings is 4. The molecule has 3 atom stereocenters. The van der Waals surface area contributed by atoms with Crippen LogP contribution in [0.2, 0.25) is 0 Å². The first-order valence-corrected chi connectivity index (χ1v) is 12.5. The van der Waals surface area contributed by atoms with Crippen LogP contribution in [0.15, 0.2) is 60.7 Å². The summed E-state index contributed by atoms with van der Waals surface area (Å²) in [5.41, 5.74) is 2.85. The van der Waals surface area contributed by atoms with Gasteiger partial charge in [-0.25, -0.2) is 0 Å². The zero-order chi connectivity index (χ0) is 27.4. The van der Waals surface area contributed by atoms with E-state index >= 15 is 0 Å². The first kappa shape index (κ1) is 24.4. The molecule has 9 nitrogen and oxygen atoms in total. The Morgan fingerprint density at radius 2 is 1.31 bits per heavy atom. The smallest absolute Gasteiger partial charge is 0.200 e. The van der Waals surface area contributed by atoms with E-state index < -0.39 is 35.4 Å². The van der Waals surface area contributed by atoms with Gasteiger partial charge in [0, 0.05) is 34.7 Å². The Balaban J connectivity index is 1.47. The fourth-order valence-corrected chi connectivity index (χ4v) is 5.55. The zero-order valence-corrected chi connectivity index (χ0v) is 20.6. The molecule has 0 aromatic heterocycles. The molecule has 39 heavy (non-hydrogen) atoms. The molecule has 0 spiro atoms. The van der Waals surface area contributed by atoms with Gasteiger partial charge < -0.3 is 45.2 Å². The van der Waals surface area contributed by atoms with Gasteiger partial charge in [0.15, 0.2) is 17.2 Å². The summed E-state index contributed by atoms with van der Waals surface area (Å²) in [5, 5.41) is 71.6. The molecular weight excluding hydrogens is 504 g/mol. The molecule has 0 fully saturated rings. The van der Waals surface area contributed by atoms with E-state index in [1.165, 1.54) is 30.3 Å². The van der Waals surface area contributed by atoms with E-state index in [4.69, 9.17) is 9.47 Å². The molecule has 4 aromatic rings. The first-order valence-electron chi connectivity index (χ1n) is 12.5. The molecule has 0 aliphatic carbocycles. The van der Waals surface area contributed by atoms with Gasteiger partial charge in [0.05, 0.1) is 0 Å². The number of phenols is 7. The number of aromatic hydroxyl groups is 7. The molecule has 0 amide bonds. The molecule has 2 aliphatic heterocycles. The lowest BCUT2D eigenvalue weighted by atomic mass is 9.80. The van der Waals surface area contributed by atoms with Crippen LogP contribution in [0.5, 0.6) is 51.7 Å². The molecule has 9 heteroatoms. The van der Waals surface area contributed by atoms with Gasteiger partial charge in [0.25, 0.3) is 0 Å². The maximum atomic E-state index is 11.2. The predicted octanol–water partition coefficient (Wildman–Crippen LogP) is 5.35. The average molecular weight is 531 g/mol. The molecule has 1 unspecified atom stereocenters. The summed E-state index contributed by atoms with van der Waals surface area (Å²) < 4.78 is 12.6. The second kappa shape index (κ2) is 9.13. The summed E-state index contributed by atoms with van der Waals surface area (Å²) >= 11 is 0. The van der Waals surface area contributed by atoms with Gasteiger partial charge in [-0.1, -0.05) is 18.2 Å². The van der Waals surface area contributed by atoms with Crippen LogP contribution >= 0.6 is 0 Å². The van der Waals surface area contributed by atoms with Crippen molar-refractivity contribution in [2.75, 3.05) is 0 Å². The second-order valence-corrected chi connectivity index (χ2v) is 9.90. The van der Waals surface area contributed by atoms with Crippen LogP contribution in [0.1, 0.15) is 58.8 Å². The number of fused-ring (bicyclic) bond motifs is 2. The quantitative estimate of drug-likeness (QED) is 0.173. The van der Waals surface area contributed by atoms with E-state index in [0.29, 0.717) is 47.3 Å². The summed E-state index contributed by atoms with van der Waals surface area (Å²) in [6, 6.07) is 15.3. The van der Waals surface area contributed by atoms with Gasteiger partial charge in [-0.15, -0.1) is 0 Å². The van der Waals surface area contributed by atoms with Crippen molar-refractivity contribution in [3.8, 4) is 51.7 Å². The zero-order valence-electron chi connectivity index (χ0n) is 20.6. The summed E-state index contributed by atoms with van der Waals surface area (Å²) in [5.74, 6) is -1.55. The summed E-state index contributed by atoms with van der Waals surface area (Å²) in [4.78, 5) is 0. The van der Waals surface area contributed by atoms with Gasteiger partial charge >= 0.3 is 0 Å². The van der Waals surface area contributed by atoms with Crippen molar-refractivity contribution < 1.29 is 45.2 Å². The molecule has 0 saturated heterocycles. The minimum absolute atomic E-state index is 0.0130. The minimum atomic E-state index is -0.651. The molecule has 2 heterocycles. The van der Waals surface area contributed by atoms with Crippen molar-refractivity contribution >= 4 is 0 Å². The molecule has 6 rings (SSSR count). The topological polar surface area (TPSA) is 160 Å². The van der Waals surface area contributed by atoms with Gasteiger partial charge in [-0.3, -0.25) is 0 Å². The summed E-state index contributed by atoms with van der Waals surface area (Å²) in [7, 11) is 0. The fraction of sp³-hybridized carbons (Fsp3) is 0.200. The molecule has 0 bridgehead atoms. The maximum Gasteiger partial charge on any atom is 0.200 e. The molecule has 0 saturated carbocycles. The monoisotopic (exact) mass is 530 g/mol. The van der Waals surface area contributed by atoms with Crippen molar-refractivity contribution in [2.24, 2.45) is 0 Å². The van der Waals surface area contributed by atoms with Crippen LogP contribution in [0.4, 0.5) is 0 Å². The van der Waals surface area contributed by atoms with Crippen molar-refractivity contribution in [2.45, 2.75) is 37.4 Å². The highest BCUT2D eigenvalue weighted by atomic mass is 16.5. The molecule has 200 valence electrons. The van der Waals surface area contributed by atoms with Gasteiger partial charge in [0.2, 0.25) is 0 Å². The van der Waals surface area contributed by atoms with Crippen molar-refractivity contribution in [1.29, 1.82) is 0 Å². The Labute approximate surface area is 223 Å². The van der Waals surface area contributed by atoms with E-state index in [1.807, 2.05) is 0 Å². The lowest BCUT2D eigenvalue weighted by molar-refractivity contribution is 0.155. The lowest BCUT2D eigenvalue weighted by Crippen LogP contribution is -2.22. The van der Waals surface area contributed by atoms with Crippen LogP contribution < -0.4 is 9.47 Å². The number of rotatable bonds is 3. The van der Waals surface area contributed by atoms with E-state index in [0.717, 1.165) is 5.56 Å². The third kappa shape index (κ3) is 4.21. The Kier molecular flexibility index (Phi) is 5.71. The molecule has 0 radical (unpaired) electrons. The second-order valence-electron chi connectivity index (χ2n) is 9.90. The molecule has 2 aliphatic rings. The SMILES string of the molecule is Oc1ccc([C@@H]2C[C@@H](c3c(O)cc(O)c4c3OC(c3cc(O)c(O)c(O)c3)CC4)c3ccc(O)cc3O2)cc1. The third-order valence-electron chi connectivity index (χ3n) is 7.46. The van der Waals surface area contributed by atoms with E-state index in [-0.39, 0.29) is 28.7 Å². The Morgan fingerprint density at radius 3 is 2.03 bits per heavy atom. The van der Waals surface area contributed by atoms with Crippen molar-refractivity contribution in [3.05, 3.63) is 88.5 Å². The van der Waals surface area contributed by atoms with E-state index in [2.05, 4.69) is 0 Å². The van der Waals surface area contributed by atoms with Gasteiger partial charge in [-0.05, 0) is 60.7 Å². The number of phenolic OH excluding ortho intramolecular Hbond substituents is 7. The average Bonchev–Trinajstić information content (AvgIpc) is 2.91. The fourth-order valence-electron chi connectivity index (χ4n) is 5.55. The normalized spacial score (nSPS) is 19.8. The number of hydrogen-bond acceptors (Lipinski definition) is 9. The number of hydrogen-bond donors (Lipinski definition) is 7. The Morgan fingerprint density at radius 1 is 0.615 bits per heavy atom. The first-order chi connectivity index (χ1) is 18.7. The van der Waals surface area contributed by atoms with E-state index in [9.17, 15) is 35.7 Å². The van der Waals surface area contributed by atoms with Crippen molar-refractivity contribution in [1.82, 2.24) is 0 Å². The van der Waals surface area contributed by atoms with Crippen molar-refractivity contribution in [3.63, 3.8) is 0 Å².